The fourth-order valence-electron chi connectivity index (χ4n) is 0.153. The van der Waals surface area contributed by atoms with E-state index in [0.29, 0.717) is 0 Å². The van der Waals surface area contributed by atoms with Crippen molar-refractivity contribution < 1.29 is 42.5 Å². The van der Waals surface area contributed by atoms with Crippen LogP contribution in [0.2, 0.25) is 0 Å². The third kappa shape index (κ3) is 11.5. The van der Waals surface area contributed by atoms with Crippen molar-refractivity contribution in [2.45, 2.75) is 12.3 Å². The normalized spacial score (nSPS) is 12.3. The molecule has 6 heteroatoms. The molecule has 0 amide bonds. The summed E-state index contributed by atoms with van der Waals surface area (Å²) in [6, 6.07) is 0. The molecule has 0 aliphatic carbocycles. The molecule has 0 spiro atoms. The Morgan fingerprint density at radius 1 is 1.60 bits per heavy atom. The van der Waals surface area contributed by atoms with E-state index in [-0.39, 0.29) is 29.6 Å². The Hall–Kier alpha value is 0.760. The SMILES string of the molecule is CC(Cl)C#CS(=O)(=O)[O-].[Na+]. The van der Waals surface area contributed by atoms with Gasteiger partial charge in [-0.25, -0.2) is 8.42 Å². The number of hydrogen-bond donors (Lipinski definition) is 0. The van der Waals surface area contributed by atoms with E-state index < -0.39 is 15.5 Å². The van der Waals surface area contributed by atoms with Crippen LogP contribution in [0.4, 0.5) is 0 Å². The summed E-state index contributed by atoms with van der Waals surface area (Å²) in [6.07, 6.45) is 0. The summed E-state index contributed by atoms with van der Waals surface area (Å²) < 4.78 is 29.2. The summed E-state index contributed by atoms with van der Waals surface area (Å²) >= 11 is 5.21. The number of hydrogen-bond acceptors (Lipinski definition) is 3. The van der Waals surface area contributed by atoms with Gasteiger partial charge in [0.25, 0.3) is 0 Å². The van der Waals surface area contributed by atoms with Crippen LogP contribution < -0.4 is 29.6 Å². The summed E-state index contributed by atoms with van der Waals surface area (Å²) in [4.78, 5) is 0. The van der Waals surface area contributed by atoms with E-state index in [1.165, 1.54) is 12.2 Å². The Morgan fingerprint density at radius 2 is 2.00 bits per heavy atom. The summed E-state index contributed by atoms with van der Waals surface area (Å²) in [5.41, 5.74) is 0. The number of halogens is 1. The minimum absolute atomic E-state index is 0. The second-order valence-corrected chi connectivity index (χ2v) is 3.08. The van der Waals surface area contributed by atoms with E-state index in [1.807, 2.05) is 5.92 Å². The van der Waals surface area contributed by atoms with Crippen molar-refractivity contribution in [3.8, 4) is 11.2 Å². The van der Waals surface area contributed by atoms with Crippen molar-refractivity contribution in [1.82, 2.24) is 0 Å². The van der Waals surface area contributed by atoms with Crippen molar-refractivity contribution in [2.75, 3.05) is 0 Å². The monoisotopic (exact) mass is 190 g/mol. The Labute approximate surface area is 87.2 Å². The van der Waals surface area contributed by atoms with E-state index in [9.17, 15) is 13.0 Å². The van der Waals surface area contributed by atoms with Crippen molar-refractivity contribution >= 4 is 21.7 Å². The van der Waals surface area contributed by atoms with Gasteiger partial charge in [0.15, 0.2) is 10.1 Å². The smallest absolute Gasteiger partial charge is 0.738 e. The van der Waals surface area contributed by atoms with E-state index in [2.05, 4.69) is 0 Å². The number of alkyl halides is 1. The molecule has 52 valence electrons. The molecule has 0 saturated heterocycles. The molecule has 0 aromatic rings. The zero-order valence-corrected chi connectivity index (χ0v) is 9.16. The van der Waals surface area contributed by atoms with Gasteiger partial charge in [0.05, 0.1) is 5.38 Å². The molecular formula is C4H4ClNaO3S. The second-order valence-electron chi connectivity index (χ2n) is 1.32. The van der Waals surface area contributed by atoms with Gasteiger partial charge in [-0.1, -0.05) is 5.92 Å². The fourth-order valence-corrected chi connectivity index (χ4v) is 0.594. The van der Waals surface area contributed by atoms with Gasteiger partial charge in [-0.3, -0.25) is 0 Å². The second kappa shape index (κ2) is 5.42. The molecule has 0 saturated carbocycles. The van der Waals surface area contributed by atoms with Crippen LogP contribution in [0.5, 0.6) is 0 Å². The van der Waals surface area contributed by atoms with Gasteiger partial charge in [-0.15, -0.1) is 11.6 Å². The minimum atomic E-state index is -4.41. The molecule has 1 unspecified atom stereocenters. The van der Waals surface area contributed by atoms with Gasteiger partial charge >= 0.3 is 29.6 Å². The molecule has 0 radical (unpaired) electrons. The van der Waals surface area contributed by atoms with Crippen LogP contribution in [0.1, 0.15) is 6.92 Å². The molecule has 0 N–H and O–H groups in total. The Kier molecular flexibility index (Phi) is 7.23. The Balaban J connectivity index is 0. The van der Waals surface area contributed by atoms with Crippen LogP contribution >= 0.6 is 11.6 Å². The first kappa shape index (κ1) is 13.4. The summed E-state index contributed by atoms with van der Waals surface area (Å²) in [6.45, 7) is 1.47. The summed E-state index contributed by atoms with van der Waals surface area (Å²) in [5.74, 6) is 2.00. The molecule has 0 fully saturated rings. The van der Waals surface area contributed by atoms with Crippen LogP contribution in [0.15, 0.2) is 0 Å². The maximum atomic E-state index is 9.75. The predicted molar refractivity (Wildman–Crippen MR) is 32.8 cm³/mol. The minimum Gasteiger partial charge on any atom is -0.738 e. The average molecular weight is 191 g/mol. The van der Waals surface area contributed by atoms with Crippen molar-refractivity contribution in [3.05, 3.63) is 0 Å². The van der Waals surface area contributed by atoms with Gasteiger partial charge in [0.2, 0.25) is 0 Å². The van der Waals surface area contributed by atoms with Crippen LogP contribution in [-0.4, -0.2) is 18.3 Å². The molecule has 0 rings (SSSR count). The molecule has 10 heavy (non-hydrogen) atoms. The largest absolute Gasteiger partial charge is 1.00 e. The van der Waals surface area contributed by atoms with Gasteiger partial charge < -0.3 is 4.55 Å². The Morgan fingerprint density at radius 3 is 2.10 bits per heavy atom. The molecule has 0 bridgehead atoms. The van der Waals surface area contributed by atoms with Crippen molar-refractivity contribution in [1.29, 1.82) is 0 Å². The molecule has 0 aliphatic heterocycles. The third-order valence-electron chi connectivity index (χ3n) is 0.383. The van der Waals surface area contributed by atoms with E-state index in [0.717, 1.165) is 0 Å². The van der Waals surface area contributed by atoms with Crippen LogP contribution in [-0.2, 0) is 10.1 Å². The van der Waals surface area contributed by atoms with Gasteiger partial charge in [0.1, 0.15) is 0 Å². The zero-order chi connectivity index (χ0) is 7.49. The third-order valence-corrected chi connectivity index (χ3v) is 0.860. The summed E-state index contributed by atoms with van der Waals surface area (Å²) in [5, 5.41) is 0.853. The molecule has 1 atom stereocenters. The van der Waals surface area contributed by atoms with Crippen LogP contribution in [0.3, 0.4) is 0 Å². The maximum Gasteiger partial charge on any atom is 1.00 e. The first-order chi connectivity index (χ1) is 3.92. The van der Waals surface area contributed by atoms with Gasteiger partial charge in [-0.05, 0) is 6.92 Å². The standard InChI is InChI=1S/C4H5ClO3S.Na/c1-4(5)2-3-9(6,7)8;/h4H,1H3,(H,6,7,8);/q;+1/p-1. The van der Waals surface area contributed by atoms with Crippen molar-refractivity contribution in [3.63, 3.8) is 0 Å². The Bertz CT molecular complexity index is 235. The average Bonchev–Trinajstić information content (AvgIpc) is 1.59. The van der Waals surface area contributed by atoms with E-state index >= 15 is 0 Å². The quantitative estimate of drug-likeness (QED) is 0.179. The van der Waals surface area contributed by atoms with Gasteiger partial charge in [0, 0.05) is 5.25 Å². The van der Waals surface area contributed by atoms with E-state index in [4.69, 9.17) is 11.6 Å². The molecular weight excluding hydrogens is 187 g/mol. The first-order valence-electron chi connectivity index (χ1n) is 2.04. The van der Waals surface area contributed by atoms with E-state index in [1.54, 1.807) is 0 Å². The molecule has 3 nitrogen and oxygen atoms in total. The topological polar surface area (TPSA) is 57.2 Å². The number of rotatable bonds is 0. The molecule has 0 aromatic heterocycles. The van der Waals surface area contributed by atoms with Gasteiger partial charge in [-0.2, -0.15) is 0 Å². The molecule has 0 aromatic carbocycles. The maximum absolute atomic E-state index is 9.75. The first-order valence-corrected chi connectivity index (χ1v) is 3.88. The van der Waals surface area contributed by atoms with Crippen molar-refractivity contribution in [2.24, 2.45) is 0 Å². The zero-order valence-electron chi connectivity index (χ0n) is 5.59. The van der Waals surface area contributed by atoms with Crippen LogP contribution in [0, 0.1) is 11.2 Å². The molecule has 0 heterocycles. The van der Waals surface area contributed by atoms with Crippen LogP contribution in [0.25, 0.3) is 0 Å². The molecule has 0 aliphatic rings. The summed E-state index contributed by atoms with van der Waals surface area (Å²) in [7, 11) is -4.41. The fraction of sp³-hybridized carbons (Fsp3) is 0.500. The predicted octanol–water partition coefficient (Wildman–Crippen LogP) is -2.88.